The van der Waals surface area contributed by atoms with Gasteiger partial charge in [-0.25, -0.2) is 13.2 Å². The summed E-state index contributed by atoms with van der Waals surface area (Å²) in [7, 11) is -4.52. The van der Waals surface area contributed by atoms with Gasteiger partial charge in [0.05, 0.1) is 11.5 Å². The summed E-state index contributed by atoms with van der Waals surface area (Å²) in [6.07, 6.45) is 3.06. The predicted molar refractivity (Wildman–Crippen MR) is 183 cm³/mol. The molecule has 1 aliphatic carbocycles. The number of nitrogens with zero attached hydrogens (tertiary/aromatic N) is 1. The molecule has 0 aromatic heterocycles. The van der Waals surface area contributed by atoms with Crippen molar-refractivity contribution < 1.29 is 49.8 Å². The lowest BCUT2D eigenvalue weighted by molar-refractivity contribution is -0.192. The molecule has 2 saturated heterocycles. The van der Waals surface area contributed by atoms with Gasteiger partial charge in [-0.15, -0.1) is 0 Å². The van der Waals surface area contributed by atoms with Crippen molar-refractivity contribution in [3.05, 3.63) is 70.7 Å². The Morgan fingerprint density at radius 1 is 0.902 bits per heavy atom. The normalized spacial score (nSPS) is 21.9. The molecule has 3 atom stereocenters. The molecule has 3 aliphatic rings. The Hall–Kier alpha value is -3.34. The minimum atomic E-state index is -5.08. The summed E-state index contributed by atoms with van der Waals surface area (Å²) in [4.78, 5) is 24.2. The van der Waals surface area contributed by atoms with Gasteiger partial charge in [0.25, 0.3) is 5.92 Å². The van der Waals surface area contributed by atoms with E-state index in [0.717, 1.165) is 22.7 Å². The second-order valence-corrected chi connectivity index (χ2v) is 16.0. The predicted octanol–water partition coefficient (Wildman–Crippen LogP) is 7.11. The summed E-state index contributed by atoms with van der Waals surface area (Å²) in [5.74, 6) is -6.56. The van der Waals surface area contributed by atoms with Crippen molar-refractivity contribution in [1.82, 2.24) is 9.62 Å². The van der Waals surface area contributed by atoms with Crippen molar-refractivity contribution in [2.45, 2.75) is 98.9 Å². The standard InChI is InChI=1S/C33H38BrF2N3O4S.C2HF3O2/c34-25-9-7-22-16-24(8-6-23(22)17-25)33(35,36)31(32(40)39-27-10-11-28(39)19-26(37)18-27)38-44(41,42)30-14-12-29(13-15-30)43-20-21-4-2-1-3-5-21;3-2(4,5)1(6)7/h6-9,12-17,21,26-28,31,38H,1-5,10-11,18-20,37H2;(H,6,7)/t26?,27?,28?,31-;/m0./s1. The Labute approximate surface area is 300 Å². The average Bonchev–Trinajstić information content (AvgIpc) is 3.36. The molecule has 2 bridgehead atoms. The van der Waals surface area contributed by atoms with E-state index in [1.165, 1.54) is 60.6 Å². The monoisotopic (exact) mass is 803 g/mol. The first-order valence-corrected chi connectivity index (χ1v) is 18.9. The van der Waals surface area contributed by atoms with E-state index in [-0.39, 0.29) is 23.0 Å². The number of piperidine rings is 1. The minimum Gasteiger partial charge on any atom is -0.493 e. The number of carboxylic acids is 1. The van der Waals surface area contributed by atoms with Crippen molar-refractivity contribution >= 4 is 48.6 Å². The number of fused-ring (bicyclic) bond motifs is 3. The van der Waals surface area contributed by atoms with E-state index < -0.39 is 45.6 Å². The highest BCUT2D eigenvalue weighted by Gasteiger charge is 2.53. The van der Waals surface area contributed by atoms with E-state index in [4.69, 9.17) is 20.4 Å². The fraction of sp³-hybridized carbons (Fsp3) is 0.486. The Morgan fingerprint density at radius 2 is 1.47 bits per heavy atom. The molecule has 6 rings (SSSR count). The topological polar surface area (TPSA) is 139 Å². The fourth-order valence-corrected chi connectivity index (χ4v) is 8.67. The molecular formula is C35H39BrF5N3O6S. The molecule has 3 aromatic carbocycles. The van der Waals surface area contributed by atoms with Gasteiger partial charge >= 0.3 is 12.1 Å². The maximum atomic E-state index is 16.5. The molecular weight excluding hydrogens is 765 g/mol. The van der Waals surface area contributed by atoms with Gasteiger partial charge < -0.3 is 20.5 Å². The molecule has 3 fully saturated rings. The third-order valence-corrected chi connectivity index (χ3v) is 11.6. The summed E-state index contributed by atoms with van der Waals surface area (Å²) in [6.45, 7) is 0.553. The Morgan fingerprint density at radius 3 is 2.06 bits per heavy atom. The molecule has 51 heavy (non-hydrogen) atoms. The number of aliphatic carboxylic acids is 1. The van der Waals surface area contributed by atoms with E-state index in [1.807, 2.05) is 0 Å². The number of halogens is 6. The Bertz CT molecular complexity index is 1810. The number of nitrogens with two attached hydrogens (primary N) is 1. The van der Waals surface area contributed by atoms with E-state index in [0.29, 0.717) is 49.3 Å². The number of sulfonamides is 1. The number of nitrogens with one attached hydrogen (secondary N) is 1. The zero-order valence-corrected chi connectivity index (χ0v) is 29.8. The molecule has 1 saturated carbocycles. The minimum absolute atomic E-state index is 0.120. The summed E-state index contributed by atoms with van der Waals surface area (Å²) in [5, 5.41) is 8.41. The van der Waals surface area contributed by atoms with E-state index in [2.05, 4.69) is 20.7 Å². The molecule has 0 spiro atoms. The van der Waals surface area contributed by atoms with Gasteiger partial charge in [-0.1, -0.05) is 53.4 Å². The number of amides is 1. The molecule has 16 heteroatoms. The summed E-state index contributed by atoms with van der Waals surface area (Å²) < 4.78 is 101. The lowest BCUT2D eigenvalue weighted by Gasteiger charge is -2.41. The first-order valence-electron chi connectivity index (χ1n) is 16.7. The van der Waals surface area contributed by atoms with Crippen LogP contribution in [0.1, 0.15) is 63.4 Å². The van der Waals surface area contributed by atoms with Crippen molar-refractivity contribution in [2.24, 2.45) is 11.7 Å². The van der Waals surface area contributed by atoms with Crippen LogP contribution < -0.4 is 15.2 Å². The molecule has 2 aliphatic heterocycles. The average molecular weight is 805 g/mol. The lowest BCUT2D eigenvalue weighted by atomic mass is 9.90. The van der Waals surface area contributed by atoms with Crippen LogP contribution in [0.2, 0.25) is 0 Å². The van der Waals surface area contributed by atoms with E-state index in [1.54, 1.807) is 24.3 Å². The van der Waals surface area contributed by atoms with Crippen LogP contribution in [0.5, 0.6) is 5.75 Å². The number of carboxylic acid groups (broad SMARTS) is 1. The third kappa shape index (κ3) is 9.37. The molecule has 9 nitrogen and oxygen atoms in total. The molecule has 2 heterocycles. The van der Waals surface area contributed by atoms with Crippen molar-refractivity contribution in [3.8, 4) is 5.75 Å². The summed E-state index contributed by atoms with van der Waals surface area (Å²) in [6, 6.07) is 12.0. The molecule has 3 aromatic rings. The molecule has 278 valence electrons. The number of carbonyl (C=O) groups excluding carboxylic acids is 1. The first-order chi connectivity index (χ1) is 24.0. The highest BCUT2D eigenvalue weighted by Crippen LogP contribution is 2.41. The lowest BCUT2D eigenvalue weighted by Crippen LogP contribution is -2.60. The van der Waals surface area contributed by atoms with Crippen LogP contribution in [0.25, 0.3) is 10.8 Å². The quantitative estimate of drug-likeness (QED) is 0.196. The SMILES string of the molecule is NC1CC2CCC(C1)N2C(=O)[C@H](NS(=O)(=O)c1ccc(OCC2CCCCC2)cc1)C(F)(F)c1ccc2cc(Br)ccc2c1.O=C(O)C(F)(F)F. The van der Waals surface area contributed by atoms with Crippen molar-refractivity contribution in [3.63, 3.8) is 0 Å². The largest absolute Gasteiger partial charge is 0.493 e. The van der Waals surface area contributed by atoms with Crippen LogP contribution in [0.3, 0.4) is 0 Å². The number of benzene rings is 3. The van der Waals surface area contributed by atoms with Gasteiger partial charge in [-0.2, -0.15) is 26.7 Å². The van der Waals surface area contributed by atoms with Gasteiger partial charge in [0.2, 0.25) is 15.9 Å². The van der Waals surface area contributed by atoms with Crippen LogP contribution >= 0.6 is 15.9 Å². The molecule has 2 unspecified atom stereocenters. The Balaban J connectivity index is 0.000000654. The van der Waals surface area contributed by atoms with Crippen LogP contribution in [-0.4, -0.2) is 67.3 Å². The maximum absolute atomic E-state index is 16.5. The number of rotatable bonds is 9. The second kappa shape index (κ2) is 15.7. The van der Waals surface area contributed by atoms with E-state index >= 15 is 8.78 Å². The van der Waals surface area contributed by atoms with Gasteiger partial charge in [0.1, 0.15) is 5.75 Å². The van der Waals surface area contributed by atoms with Gasteiger partial charge in [-0.3, -0.25) is 4.79 Å². The summed E-state index contributed by atoms with van der Waals surface area (Å²) >= 11 is 3.39. The van der Waals surface area contributed by atoms with Crippen molar-refractivity contribution in [1.29, 1.82) is 0 Å². The first kappa shape index (κ1) is 38.9. The van der Waals surface area contributed by atoms with E-state index in [9.17, 15) is 26.4 Å². The third-order valence-electron chi connectivity index (χ3n) is 9.68. The number of alkyl halides is 5. The zero-order valence-electron chi connectivity index (χ0n) is 27.4. The van der Waals surface area contributed by atoms with Crippen LogP contribution in [-0.2, 0) is 25.5 Å². The highest BCUT2D eigenvalue weighted by molar-refractivity contribution is 9.10. The van der Waals surface area contributed by atoms with Crippen LogP contribution in [0.4, 0.5) is 22.0 Å². The van der Waals surface area contributed by atoms with Crippen LogP contribution in [0.15, 0.2) is 70.0 Å². The number of carbonyl (C=O) groups is 2. The van der Waals surface area contributed by atoms with Crippen LogP contribution in [0, 0.1) is 5.92 Å². The summed E-state index contributed by atoms with van der Waals surface area (Å²) in [5.41, 5.74) is 5.73. The zero-order chi connectivity index (χ0) is 37.1. The second-order valence-electron chi connectivity index (χ2n) is 13.3. The highest BCUT2D eigenvalue weighted by atomic mass is 79.9. The maximum Gasteiger partial charge on any atom is 0.490 e. The number of ether oxygens (including phenoxy) is 1. The number of hydrogen-bond acceptors (Lipinski definition) is 6. The van der Waals surface area contributed by atoms with Gasteiger partial charge in [0.15, 0.2) is 6.04 Å². The molecule has 4 N–H and O–H groups in total. The molecule has 1 amide bonds. The van der Waals surface area contributed by atoms with Crippen molar-refractivity contribution in [2.75, 3.05) is 6.61 Å². The number of hydrogen-bond donors (Lipinski definition) is 3. The fourth-order valence-electron chi connectivity index (χ4n) is 7.10. The Kier molecular flexibility index (Phi) is 12.0. The van der Waals surface area contributed by atoms with Gasteiger partial charge in [-0.05, 0) is 97.7 Å². The molecule has 0 radical (unpaired) electrons. The smallest absolute Gasteiger partial charge is 0.490 e. The van der Waals surface area contributed by atoms with Gasteiger partial charge in [0, 0.05) is 28.2 Å².